The third-order valence-corrected chi connectivity index (χ3v) is 6.07. The van der Waals surface area contributed by atoms with Gasteiger partial charge in [0.1, 0.15) is 0 Å². The number of pyridine rings is 1. The smallest absolute Gasteiger partial charge is 0.256 e. The summed E-state index contributed by atoms with van der Waals surface area (Å²) in [6.45, 7) is 0. The first-order valence-corrected chi connectivity index (χ1v) is 9.67. The number of aromatic nitrogens is 3. The van der Waals surface area contributed by atoms with Gasteiger partial charge in [0.05, 0.1) is 0 Å². The number of hydrogen-bond acceptors (Lipinski definition) is 1. The van der Waals surface area contributed by atoms with Crippen LogP contribution in [0.2, 0.25) is 0 Å². The molecule has 0 unspecified atom stereocenters. The molecule has 7 aromatic rings. The minimum absolute atomic E-state index is 0.0566. The molecule has 29 heavy (non-hydrogen) atoms. The molecule has 0 atom stereocenters. The van der Waals surface area contributed by atoms with Crippen molar-refractivity contribution in [3.05, 3.63) is 83.2 Å². The Bertz CT molecular complexity index is 1830. The lowest BCUT2D eigenvalue weighted by Crippen LogP contribution is -2.06. The molecule has 0 aliphatic rings. The molecule has 0 aliphatic carbocycles. The number of aromatic amines is 3. The first-order valence-electron chi connectivity index (χ1n) is 9.67. The van der Waals surface area contributed by atoms with Crippen molar-refractivity contribution in [1.82, 2.24) is 15.0 Å². The Labute approximate surface area is 163 Å². The van der Waals surface area contributed by atoms with Crippen molar-refractivity contribution in [1.29, 1.82) is 0 Å². The van der Waals surface area contributed by atoms with Gasteiger partial charge in [0.2, 0.25) is 0 Å². The average molecular weight is 373 g/mol. The number of para-hydroxylation sites is 2. The molecule has 0 bridgehead atoms. The lowest BCUT2D eigenvalue weighted by atomic mass is 10.0. The Kier molecular flexibility index (Phi) is 2.60. The molecule has 0 aliphatic heterocycles. The summed E-state index contributed by atoms with van der Waals surface area (Å²) in [5.74, 6) is 0. The van der Waals surface area contributed by atoms with Crippen LogP contribution in [0.3, 0.4) is 0 Å². The molecule has 3 N–H and O–H groups in total. The van der Waals surface area contributed by atoms with Gasteiger partial charge in [-0.3, -0.25) is 4.79 Å². The highest BCUT2D eigenvalue weighted by molar-refractivity contribution is 6.19. The van der Waals surface area contributed by atoms with Crippen molar-refractivity contribution in [2.45, 2.75) is 0 Å². The van der Waals surface area contributed by atoms with E-state index in [4.69, 9.17) is 0 Å². The maximum atomic E-state index is 13.0. The van der Waals surface area contributed by atoms with Crippen LogP contribution in [0.15, 0.2) is 77.6 Å². The summed E-state index contributed by atoms with van der Waals surface area (Å²) >= 11 is 0. The van der Waals surface area contributed by atoms with E-state index in [1.54, 1.807) is 0 Å². The first-order chi connectivity index (χ1) is 14.3. The van der Waals surface area contributed by atoms with Crippen molar-refractivity contribution in [2.24, 2.45) is 0 Å². The van der Waals surface area contributed by atoms with Crippen molar-refractivity contribution < 1.29 is 0 Å². The molecule has 0 amide bonds. The molecule has 0 saturated heterocycles. The fraction of sp³-hybridized carbons (Fsp3) is 0. The molecule has 4 aromatic carbocycles. The third kappa shape index (κ3) is 1.90. The van der Waals surface area contributed by atoms with Gasteiger partial charge < -0.3 is 15.0 Å². The Morgan fingerprint density at radius 2 is 0.897 bits per heavy atom. The predicted octanol–water partition coefficient (Wildman–Crippen LogP) is 5.95. The van der Waals surface area contributed by atoms with E-state index in [0.717, 1.165) is 59.9 Å². The van der Waals surface area contributed by atoms with Crippen LogP contribution in [-0.4, -0.2) is 15.0 Å². The number of rotatable bonds is 0. The van der Waals surface area contributed by atoms with Crippen molar-refractivity contribution in [2.75, 3.05) is 0 Å². The maximum absolute atomic E-state index is 13.0. The van der Waals surface area contributed by atoms with Crippen LogP contribution in [0.5, 0.6) is 0 Å². The van der Waals surface area contributed by atoms with Gasteiger partial charge in [-0.1, -0.05) is 36.4 Å². The van der Waals surface area contributed by atoms with E-state index in [9.17, 15) is 4.79 Å². The zero-order valence-corrected chi connectivity index (χ0v) is 15.3. The van der Waals surface area contributed by atoms with E-state index in [-0.39, 0.29) is 5.56 Å². The first kappa shape index (κ1) is 14.9. The van der Waals surface area contributed by atoms with Crippen LogP contribution >= 0.6 is 0 Å². The Hall–Kier alpha value is -4.05. The molecule has 0 radical (unpaired) electrons. The zero-order chi connectivity index (χ0) is 19.1. The quantitative estimate of drug-likeness (QED) is 0.283. The number of H-pyrrole nitrogens is 3. The summed E-state index contributed by atoms with van der Waals surface area (Å²) in [5, 5.41) is 7.21. The van der Waals surface area contributed by atoms with Crippen LogP contribution in [0.1, 0.15) is 0 Å². The molecule has 0 spiro atoms. The molecule has 4 heteroatoms. The van der Waals surface area contributed by atoms with Gasteiger partial charge in [-0.25, -0.2) is 0 Å². The number of nitrogens with one attached hydrogen (secondary N) is 3. The highest BCUT2D eigenvalue weighted by Gasteiger charge is 2.13. The van der Waals surface area contributed by atoms with Crippen molar-refractivity contribution >= 4 is 65.3 Å². The Morgan fingerprint density at radius 3 is 1.55 bits per heavy atom. The van der Waals surface area contributed by atoms with E-state index in [0.29, 0.717) is 5.39 Å². The molecular formula is C25H15N3O. The highest BCUT2D eigenvalue weighted by Crippen LogP contribution is 2.34. The summed E-state index contributed by atoms with van der Waals surface area (Å²) < 4.78 is 0. The number of fused-ring (bicyclic) bond motifs is 9. The lowest BCUT2D eigenvalue weighted by molar-refractivity contribution is 1.35. The lowest BCUT2D eigenvalue weighted by Gasteiger charge is -2.05. The largest absolute Gasteiger partial charge is 0.354 e. The van der Waals surface area contributed by atoms with Crippen molar-refractivity contribution in [3.8, 4) is 0 Å². The summed E-state index contributed by atoms with van der Waals surface area (Å²) in [7, 11) is 0. The second-order valence-electron chi connectivity index (χ2n) is 7.68. The van der Waals surface area contributed by atoms with E-state index in [1.807, 2.05) is 30.3 Å². The van der Waals surface area contributed by atoms with Crippen LogP contribution < -0.4 is 5.56 Å². The van der Waals surface area contributed by atoms with Crippen LogP contribution in [0.4, 0.5) is 0 Å². The van der Waals surface area contributed by atoms with Gasteiger partial charge in [-0.05, 0) is 41.8 Å². The molecule has 7 rings (SSSR count). The normalized spacial score (nSPS) is 12.3. The molecule has 4 nitrogen and oxygen atoms in total. The fourth-order valence-corrected chi connectivity index (χ4v) is 4.72. The molecule has 136 valence electrons. The fourth-order valence-electron chi connectivity index (χ4n) is 4.72. The second-order valence-corrected chi connectivity index (χ2v) is 7.68. The summed E-state index contributed by atoms with van der Waals surface area (Å²) in [6, 6.07) is 24.8. The second kappa shape index (κ2) is 5.06. The van der Waals surface area contributed by atoms with Gasteiger partial charge in [-0.15, -0.1) is 0 Å². The van der Waals surface area contributed by atoms with Gasteiger partial charge in [0.25, 0.3) is 5.56 Å². The summed E-state index contributed by atoms with van der Waals surface area (Å²) in [5.41, 5.74) is 5.10. The van der Waals surface area contributed by atoms with E-state index >= 15 is 0 Å². The standard InChI is InChI=1S/C25H15N3O/c29-25-19-9-16-13-5-1-3-7-20(13)26-22(16)10-15(19)18-12-23-17(11-24(18)28-25)14-6-2-4-8-21(14)27-23/h1-12,26-27H,(H,28,29). The van der Waals surface area contributed by atoms with Crippen LogP contribution in [0.25, 0.3) is 65.3 Å². The predicted molar refractivity (Wildman–Crippen MR) is 121 cm³/mol. The van der Waals surface area contributed by atoms with E-state index in [2.05, 4.69) is 57.4 Å². The zero-order valence-electron chi connectivity index (χ0n) is 15.3. The van der Waals surface area contributed by atoms with E-state index in [1.165, 1.54) is 0 Å². The summed E-state index contributed by atoms with van der Waals surface area (Å²) in [6.07, 6.45) is 0. The minimum Gasteiger partial charge on any atom is -0.354 e. The van der Waals surface area contributed by atoms with Gasteiger partial charge in [0.15, 0.2) is 0 Å². The van der Waals surface area contributed by atoms with Crippen molar-refractivity contribution in [3.63, 3.8) is 0 Å². The molecule has 3 heterocycles. The van der Waals surface area contributed by atoms with E-state index < -0.39 is 0 Å². The molecule has 3 aromatic heterocycles. The van der Waals surface area contributed by atoms with Gasteiger partial charge in [0, 0.05) is 59.9 Å². The SMILES string of the molecule is O=c1[nH]c2cc3c(cc2c2cc4[nH]c5ccccc5c4cc12)[nH]c1ccccc13. The Morgan fingerprint density at radius 1 is 0.414 bits per heavy atom. The van der Waals surface area contributed by atoms with Gasteiger partial charge >= 0.3 is 0 Å². The molecule has 0 saturated carbocycles. The Balaban J connectivity index is 1.69. The van der Waals surface area contributed by atoms with Crippen LogP contribution in [-0.2, 0) is 0 Å². The maximum Gasteiger partial charge on any atom is 0.256 e. The molecule has 0 fully saturated rings. The summed E-state index contributed by atoms with van der Waals surface area (Å²) in [4.78, 5) is 23.1. The third-order valence-electron chi connectivity index (χ3n) is 6.07. The molecular weight excluding hydrogens is 358 g/mol. The van der Waals surface area contributed by atoms with Crippen LogP contribution in [0, 0.1) is 0 Å². The number of benzene rings is 4. The minimum atomic E-state index is -0.0566. The average Bonchev–Trinajstić information content (AvgIpc) is 3.29. The topological polar surface area (TPSA) is 64.4 Å². The monoisotopic (exact) mass is 373 g/mol. The number of hydrogen-bond donors (Lipinski definition) is 3. The highest BCUT2D eigenvalue weighted by atomic mass is 16.1. The van der Waals surface area contributed by atoms with Gasteiger partial charge in [-0.2, -0.15) is 0 Å².